The van der Waals surface area contributed by atoms with E-state index in [1.54, 1.807) is 11.8 Å². The van der Waals surface area contributed by atoms with E-state index in [-0.39, 0.29) is 28.3 Å². The van der Waals surface area contributed by atoms with Crippen molar-refractivity contribution >= 4 is 29.8 Å². The summed E-state index contributed by atoms with van der Waals surface area (Å²) < 4.78 is 0. The number of fused-ring (bicyclic) bond motifs is 2. The van der Waals surface area contributed by atoms with Gasteiger partial charge in [0.05, 0.1) is 6.61 Å². The van der Waals surface area contributed by atoms with E-state index in [9.17, 15) is 9.90 Å². The van der Waals surface area contributed by atoms with Crippen LogP contribution in [-0.4, -0.2) is 11.4 Å². The molecular weight excluding hydrogens is 625 g/mol. The zero-order chi connectivity index (χ0) is 35.1. The Morgan fingerprint density at radius 1 is 0.562 bits per heavy atom. The van der Waals surface area contributed by atoms with Gasteiger partial charge < -0.3 is 5.11 Å². The van der Waals surface area contributed by atoms with E-state index in [0.29, 0.717) is 0 Å². The van der Waals surface area contributed by atoms with Crippen molar-refractivity contribution < 1.29 is 9.90 Å². The van der Waals surface area contributed by atoms with Gasteiger partial charge in [0.2, 0.25) is 0 Å². The van der Waals surface area contributed by atoms with Crippen LogP contribution >= 0.6 is 23.5 Å². The first-order valence-corrected chi connectivity index (χ1v) is 19.0. The summed E-state index contributed by atoms with van der Waals surface area (Å²) in [5.74, 6) is 0. The van der Waals surface area contributed by atoms with E-state index in [0.717, 1.165) is 17.4 Å². The normalized spacial score (nSPS) is 18.1. The molecule has 0 aliphatic heterocycles. The summed E-state index contributed by atoms with van der Waals surface area (Å²) >= 11 is 3.62. The van der Waals surface area contributed by atoms with Crippen molar-refractivity contribution in [1.82, 2.24) is 0 Å². The van der Waals surface area contributed by atoms with E-state index < -0.39 is 0 Å². The Kier molecular flexibility index (Phi) is 10.5. The van der Waals surface area contributed by atoms with E-state index in [1.165, 1.54) is 78.6 Å². The lowest BCUT2D eigenvalue weighted by Gasteiger charge is -2.42. The molecule has 0 bridgehead atoms. The van der Waals surface area contributed by atoms with E-state index >= 15 is 0 Å². The third kappa shape index (κ3) is 7.82. The fourth-order valence-electron chi connectivity index (χ4n) is 7.16. The molecule has 2 nitrogen and oxygen atoms in total. The molecule has 0 amide bonds. The summed E-state index contributed by atoms with van der Waals surface area (Å²) in [6, 6.07) is 25.7. The molecule has 0 fully saturated rings. The molecule has 2 aliphatic carbocycles. The quantitative estimate of drug-likeness (QED) is 0.206. The zero-order valence-corrected chi connectivity index (χ0v) is 32.3. The van der Waals surface area contributed by atoms with Crippen molar-refractivity contribution in [2.75, 3.05) is 0 Å². The number of aryl methyl sites for hydroxylation is 2. The van der Waals surface area contributed by atoms with Crippen LogP contribution in [0.15, 0.2) is 92.4 Å². The van der Waals surface area contributed by atoms with Gasteiger partial charge in [0.25, 0.3) is 0 Å². The first-order chi connectivity index (χ1) is 22.5. The lowest BCUT2D eigenvalue weighted by molar-refractivity contribution is 0.112. The Hall–Kier alpha value is -2.79. The molecule has 4 aromatic carbocycles. The number of hydrogen-bond acceptors (Lipinski definition) is 4. The highest BCUT2D eigenvalue weighted by Gasteiger charge is 2.38. The molecule has 0 saturated heterocycles. The second kappa shape index (κ2) is 13.8. The highest BCUT2D eigenvalue weighted by atomic mass is 32.2. The first-order valence-electron chi connectivity index (χ1n) is 17.4. The highest BCUT2D eigenvalue weighted by molar-refractivity contribution is 7.99. The minimum Gasteiger partial charge on any atom is -0.392 e. The smallest absolute Gasteiger partial charge is 0.150 e. The molecule has 2 aliphatic rings. The van der Waals surface area contributed by atoms with Gasteiger partial charge in [0.15, 0.2) is 0 Å². The van der Waals surface area contributed by atoms with Crippen LogP contribution in [0, 0.1) is 13.8 Å². The Labute approximate surface area is 298 Å². The molecule has 0 radical (unpaired) electrons. The molecular formula is C44H54O2S2. The molecule has 4 heteroatoms. The molecule has 0 atom stereocenters. The average molecular weight is 679 g/mol. The number of benzene rings is 4. The van der Waals surface area contributed by atoms with Crippen LogP contribution in [0.1, 0.15) is 130 Å². The number of hydrogen-bond donors (Lipinski definition) is 1. The molecule has 1 N–H and O–H groups in total. The van der Waals surface area contributed by atoms with Crippen molar-refractivity contribution in [3.05, 3.63) is 117 Å². The van der Waals surface area contributed by atoms with Crippen molar-refractivity contribution in [3.63, 3.8) is 0 Å². The molecule has 0 saturated carbocycles. The molecule has 6 rings (SSSR count). The summed E-state index contributed by atoms with van der Waals surface area (Å²) in [6.07, 6.45) is 5.86. The van der Waals surface area contributed by atoms with Crippen LogP contribution < -0.4 is 0 Å². The lowest BCUT2D eigenvalue weighted by atomic mass is 9.63. The van der Waals surface area contributed by atoms with Gasteiger partial charge in [-0.25, -0.2) is 0 Å². The van der Waals surface area contributed by atoms with Crippen LogP contribution in [0.3, 0.4) is 0 Å². The Balaban J connectivity index is 0.000000188. The summed E-state index contributed by atoms with van der Waals surface area (Å²) in [7, 11) is 0. The van der Waals surface area contributed by atoms with Crippen molar-refractivity contribution in [1.29, 1.82) is 0 Å². The summed E-state index contributed by atoms with van der Waals surface area (Å²) in [5, 5.41) is 9.19. The van der Waals surface area contributed by atoms with Crippen molar-refractivity contribution in [2.45, 2.75) is 143 Å². The van der Waals surface area contributed by atoms with E-state index in [1.807, 2.05) is 48.2 Å². The van der Waals surface area contributed by atoms with Crippen LogP contribution in [-0.2, 0) is 28.3 Å². The second-order valence-corrected chi connectivity index (χ2v) is 18.8. The number of aliphatic hydroxyl groups excluding tert-OH is 1. The van der Waals surface area contributed by atoms with Gasteiger partial charge in [0, 0.05) is 25.1 Å². The minimum atomic E-state index is 0.103. The van der Waals surface area contributed by atoms with Gasteiger partial charge >= 0.3 is 0 Å². The number of aldehydes is 1. The third-order valence-electron chi connectivity index (χ3n) is 10.9. The topological polar surface area (TPSA) is 37.3 Å². The molecule has 254 valence electrons. The number of rotatable bonds is 6. The van der Waals surface area contributed by atoms with Gasteiger partial charge in [-0.15, -0.1) is 0 Å². The number of aliphatic hydroxyl groups is 1. The maximum atomic E-state index is 10.8. The van der Waals surface area contributed by atoms with Gasteiger partial charge in [-0.05, 0) is 137 Å². The van der Waals surface area contributed by atoms with Crippen LogP contribution in [0.2, 0.25) is 0 Å². The summed E-state index contributed by atoms with van der Waals surface area (Å²) in [6.45, 7) is 23.5. The van der Waals surface area contributed by atoms with Crippen molar-refractivity contribution in [2.24, 2.45) is 0 Å². The monoisotopic (exact) mass is 678 g/mol. The van der Waals surface area contributed by atoms with Gasteiger partial charge in [-0.2, -0.15) is 0 Å². The zero-order valence-electron chi connectivity index (χ0n) is 30.7. The number of carbonyl (C=O) groups excluding carboxylic acids is 1. The molecule has 0 heterocycles. The van der Waals surface area contributed by atoms with Gasteiger partial charge in [-0.1, -0.05) is 115 Å². The fourth-order valence-corrected chi connectivity index (χ4v) is 9.00. The fraction of sp³-hybridized carbons (Fsp3) is 0.432. The van der Waals surface area contributed by atoms with Gasteiger partial charge in [0.1, 0.15) is 6.29 Å². The minimum absolute atomic E-state index is 0.103. The van der Waals surface area contributed by atoms with Crippen LogP contribution in [0.25, 0.3) is 0 Å². The number of carbonyl (C=O) groups is 1. The lowest BCUT2D eigenvalue weighted by Crippen LogP contribution is -2.34. The standard InChI is InChI=1S/C22H28OS.C22H26OS/c2*1-15-12-18-19(22(4,5)11-10-21(18,2)3)13-20(15)24-17-8-6-16(14-23)7-9-17/h6-9,12-13,23H,10-11,14H2,1-5H3;6-9,12-14H,10-11H2,1-5H3. The molecule has 48 heavy (non-hydrogen) atoms. The van der Waals surface area contributed by atoms with Crippen molar-refractivity contribution in [3.8, 4) is 0 Å². The molecule has 0 aromatic heterocycles. The van der Waals surface area contributed by atoms with Gasteiger partial charge in [-0.3, -0.25) is 4.79 Å². The Morgan fingerprint density at radius 2 is 0.896 bits per heavy atom. The van der Waals surface area contributed by atoms with Crippen LogP contribution in [0.5, 0.6) is 0 Å². The predicted octanol–water partition coefficient (Wildman–Crippen LogP) is 12.3. The Bertz CT molecular complexity index is 1780. The molecule has 0 unspecified atom stereocenters. The highest BCUT2D eigenvalue weighted by Crippen LogP contribution is 2.49. The summed E-state index contributed by atoms with van der Waals surface area (Å²) in [4.78, 5) is 15.9. The van der Waals surface area contributed by atoms with Crippen LogP contribution in [0.4, 0.5) is 0 Å². The average Bonchev–Trinajstić information content (AvgIpc) is 3.04. The predicted molar refractivity (Wildman–Crippen MR) is 205 cm³/mol. The van der Waals surface area contributed by atoms with E-state index in [2.05, 4.69) is 106 Å². The molecule has 0 spiro atoms. The Morgan fingerprint density at radius 3 is 1.23 bits per heavy atom. The maximum absolute atomic E-state index is 10.8. The molecule has 4 aromatic rings. The first kappa shape index (κ1) is 36.5. The maximum Gasteiger partial charge on any atom is 0.150 e. The summed E-state index contributed by atoms with van der Waals surface area (Å²) in [5.41, 5.74) is 11.4. The SMILES string of the molecule is Cc1cc2c(cc1Sc1ccc(C=O)cc1)C(C)(C)CCC2(C)C.Cc1cc2c(cc1Sc1ccc(CO)cc1)C(C)(C)CCC2(C)C. The largest absolute Gasteiger partial charge is 0.392 e. The second-order valence-electron chi connectivity index (χ2n) is 16.6. The van der Waals surface area contributed by atoms with E-state index in [4.69, 9.17) is 0 Å². The third-order valence-corrected chi connectivity index (χ3v) is 13.2.